The molecular formula is C37H33F4N7O2. The van der Waals surface area contributed by atoms with Gasteiger partial charge in [-0.2, -0.15) is 15.2 Å². The molecule has 3 fully saturated rings. The van der Waals surface area contributed by atoms with Crippen molar-refractivity contribution >= 4 is 33.4 Å². The highest BCUT2D eigenvalue weighted by Crippen LogP contribution is 2.41. The summed E-state index contributed by atoms with van der Waals surface area (Å²) in [7, 11) is 1.52. The van der Waals surface area contributed by atoms with Crippen molar-refractivity contribution in [3.05, 3.63) is 65.9 Å². The molecule has 1 atom stereocenters. The van der Waals surface area contributed by atoms with E-state index in [1.54, 1.807) is 0 Å². The molecular weight excluding hydrogens is 650 g/mol. The average molecular weight is 684 g/mol. The van der Waals surface area contributed by atoms with E-state index in [1.165, 1.54) is 42.4 Å². The lowest BCUT2D eigenvalue weighted by atomic mass is 9.94. The summed E-state index contributed by atoms with van der Waals surface area (Å²) < 4.78 is 68.4. The van der Waals surface area contributed by atoms with Crippen molar-refractivity contribution < 1.29 is 27.1 Å². The fourth-order valence-corrected chi connectivity index (χ4v) is 7.84. The van der Waals surface area contributed by atoms with E-state index >= 15 is 13.2 Å². The van der Waals surface area contributed by atoms with Gasteiger partial charge in [0, 0.05) is 43.7 Å². The number of hydrogen-bond acceptors (Lipinski definition) is 8. The van der Waals surface area contributed by atoms with Crippen molar-refractivity contribution in [3.8, 4) is 35.7 Å². The Kier molecular flexibility index (Phi) is 8.35. The zero-order valence-electron chi connectivity index (χ0n) is 27.4. The second kappa shape index (κ2) is 12.6. The first kappa shape index (κ1) is 33.2. The van der Waals surface area contributed by atoms with Gasteiger partial charge in [-0.15, -0.1) is 6.42 Å². The standard InChI is InChI=1S/C37H33F4N7O2/c1-4-24-27(38)9-8-23-16-22(18-42)17-25(30(23)24)32-31(39)33-26(19-43-32)34(46(3)20-28-37(40,41)12-15-48(28)29(49)5-2)45-35(44-33)50-21-36-10-6-13-47(36)14-7-11-36/h1,5,8-9,16-17,19,28H,2,6-7,10-15,20-21H2,3H3/t28-/m1/s1. The number of nitrogens with zero attached hydrogens (tertiary/aromatic N) is 7. The van der Waals surface area contributed by atoms with E-state index in [0.29, 0.717) is 5.39 Å². The Morgan fingerprint density at radius 2 is 1.94 bits per heavy atom. The van der Waals surface area contributed by atoms with Gasteiger partial charge in [-0.25, -0.2) is 17.6 Å². The molecule has 3 saturated heterocycles. The van der Waals surface area contributed by atoms with Crippen LogP contribution in [-0.4, -0.2) is 88.0 Å². The topological polar surface area (TPSA) is 98.5 Å². The second-order valence-electron chi connectivity index (χ2n) is 13.2. The normalized spacial score (nSPS) is 19.3. The lowest BCUT2D eigenvalue weighted by molar-refractivity contribution is -0.130. The minimum Gasteiger partial charge on any atom is -0.461 e. The highest BCUT2D eigenvalue weighted by atomic mass is 19.3. The molecule has 2 aromatic carbocycles. The monoisotopic (exact) mass is 683 g/mol. The minimum atomic E-state index is -3.20. The number of likely N-dealkylation sites (N-methyl/N-ethyl adjacent to an activating group) is 1. The zero-order valence-corrected chi connectivity index (χ0v) is 27.4. The first-order valence-electron chi connectivity index (χ1n) is 16.4. The molecule has 13 heteroatoms. The molecule has 4 aromatic rings. The Morgan fingerprint density at radius 1 is 1.18 bits per heavy atom. The average Bonchev–Trinajstić information content (AvgIpc) is 3.79. The third kappa shape index (κ3) is 5.46. The summed E-state index contributed by atoms with van der Waals surface area (Å²) in [5, 5.41) is 10.4. The number of ether oxygens (including phenoxy) is 1. The number of hydrogen-bond donors (Lipinski definition) is 0. The van der Waals surface area contributed by atoms with Crippen LogP contribution in [0.1, 0.15) is 43.2 Å². The van der Waals surface area contributed by atoms with Crippen molar-refractivity contribution in [1.82, 2.24) is 24.8 Å². The van der Waals surface area contributed by atoms with E-state index in [4.69, 9.17) is 11.2 Å². The van der Waals surface area contributed by atoms with Gasteiger partial charge in [0.25, 0.3) is 5.92 Å². The molecule has 1 amide bonds. The maximum atomic E-state index is 16.9. The van der Waals surface area contributed by atoms with Gasteiger partial charge in [0.15, 0.2) is 5.82 Å². The van der Waals surface area contributed by atoms with E-state index < -0.39 is 35.9 Å². The van der Waals surface area contributed by atoms with E-state index in [2.05, 4.69) is 32.4 Å². The minimum absolute atomic E-state index is 0.0647. The van der Waals surface area contributed by atoms with Crippen LogP contribution >= 0.6 is 0 Å². The van der Waals surface area contributed by atoms with Gasteiger partial charge in [0.1, 0.15) is 35.5 Å². The summed E-state index contributed by atoms with van der Waals surface area (Å²) in [4.78, 5) is 30.8. The Morgan fingerprint density at radius 3 is 2.64 bits per heavy atom. The molecule has 0 radical (unpaired) electrons. The maximum Gasteiger partial charge on any atom is 0.319 e. The molecule has 3 aliphatic heterocycles. The molecule has 7 rings (SSSR count). The van der Waals surface area contributed by atoms with Crippen molar-refractivity contribution in [2.24, 2.45) is 0 Å². The molecule has 256 valence electrons. The molecule has 9 nitrogen and oxygen atoms in total. The molecule has 0 spiro atoms. The molecule has 0 aliphatic carbocycles. The first-order chi connectivity index (χ1) is 24.0. The highest BCUT2D eigenvalue weighted by Gasteiger charge is 2.51. The van der Waals surface area contributed by atoms with Gasteiger partial charge in [-0.1, -0.05) is 18.6 Å². The number of likely N-dealkylation sites (tertiary alicyclic amines) is 1. The molecule has 0 bridgehead atoms. The predicted molar refractivity (Wildman–Crippen MR) is 180 cm³/mol. The quantitative estimate of drug-likeness (QED) is 0.130. The summed E-state index contributed by atoms with van der Waals surface area (Å²) in [5.74, 6) is -3.05. The van der Waals surface area contributed by atoms with Crippen LogP contribution in [0.5, 0.6) is 6.01 Å². The molecule has 0 saturated carbocycles. The molecule has 0 unspecified atom stereocenters. The van der Waals surface area contributed by atoms with E-state index in [9.17, 15) is 14.4 Å². The first-order valence-corrected chi connectivity index (χ1v) is 16.4. The number of aromatic nitrogens is 3. The predicted octanol–water partition coefficient (Wildman–Crippen LogP) is 5.84. The van der Waals surface area contributed by atoms with Gasteiger partial charge >= 0.3 is 6.01 Å². The SMILES string of the molecule is C#Cc1c(F)ccc2cc(C#N)cc(-c3ncc4c(N(C)C[C@H]5N(C(=O)C=C)CCC5(F)F)nc(OCC56CCCN5CCC6)nc4c3F)c12. The van der Waals surface area contributed by atoms with Gasteiger partial charge in [0.05, 0.1) is 28.1 Å². The Balaban J connectivity index is 1.38. The number of fused-ring (bicyclic) bond motifs is 3. The number of carbonyl (C=O) groups excluding carboxylic acids is 1. The Labute approximate surface area is 286 Å². The van der Waals surface area contributed by atoms with E-state index in [0.717, 1.165) is 49.7 Å². The molecule has 0 N–H and O–H groups in total. The highest BCUT2D eigenvalue weighted by molar-refractivity contribution is 6.03. The van der Waals surface area contributed by atoms with Gasteiger partial charge < -0.3 is 14.5 Å². The summed E-state index contributed by atoms with van der Waals surface area (Å²) in [6.45, 7) is 5.11. The van der Waals surface area contributed by atoms with E-state index in [-0.39, 0.29) is 75.7 Å². The Bertz CT molecular complexity index is 2130. The van der Waals surface area contributed by atoms with E-state index in [1.807, 2.05) is 6.07 Å². The smallest absolute Gasteiger partial charge is 0.319 e. The van der Waals surface area contributed by atoms with Crippen LogP contribution in [0.2, 0.25) is 0 Å². The summed E-state index contributed by atoms with van der Waals surface area (Å²) in [6, 6.07) is 5.90. The zero-order chi connectivity index (χ0) is 35.4. The number of halogens is 4. The van der Waals surface area contributed by atoms with Gasteiger partial charge in [0.2, 0.25) is 5.91 Å². The summed E-state index contributed by atoms with van der Waals surface area (Å²) >= 11 is 0. The maximum absolute atomic E-state index is 16.9. The number of benzene rings is 2. The third-order valence-electron chi connectivity index (χ3n) is 10.3. The number of carbonyl (C=O) groups is 1. The number of alkyl halides is 2. The van der Waals surface area contributed by atoms with Crippen LogP contribution in [-0.2, 0) is 4.79 Å². The van der Waals surface area contributed by atoms with Crippen molar-refractivity contribution in [1.29, 1.82) is 5.26 Å². The fraction of sp³-hybridized carbons (Fsp3) is 0.378. The van der Waals surface area contributed by atoms with Crippen LogP contribution in [0.15, 0.2) is 43.1 Å². The molecule has 50 heavy (non-hydrogen) atoms. The fourth-order valence-electron chi connectivity index (χ4n) is 7.84. The molecule has 2 aromatic heterocycles. The third-order valence-corrected chi connectivity index (χ3v) is 10.3. The van der Waals surface area contributed by atoms with Crippen LogP contribution in [0.4, 0.5) is 23.4 Å². The van der Waals surface area contributed by atoms with Gasteiger partial charge in [-0.3, -0.25) is 14.7 Å². The number of rotatable bonds is 8. The number of pyridine rings is 1. The number of amides is 1. The number of nitriles is 1. The number of terminal acetylenes is 1. The van der Waals surface area contributed by atoms with Crippen LogP contribution in [0.25, 0.3) is 32.9 Å². The molecule has 5 heterocycles. The second-order valence-corrected chi connectivity index (χ2v) is 13.2. The van der Waals surface area contributed by atoms with Crippen LogP contribution < -0.4 is 9.64 Å². The molecule has 3 aliphatic rings. The van der Waals surface area contributed by atoms with Crippen molar-refractivity contribution in [2.75, 3.05) is 44.7 Å². The largest absolute Gasteiger partial charge is 0.461 e. The number of anilines is 1. The van der Waals surface area contributed by atoms with Gasteiger partial charge in [-0.05, 0) is 68.4 Å². The lowest BCUT2D eigenvalue weighted by Crippen LogP contribution is -2.48. The van der Waals surface area contributed by atoms with Crippen molar-refractivity contribution in [2.45, 2.75) is 49.6 Å². The van der Waals surface area contributed by atoms with Crippen molar-refractivity contribution in [3.63, 3.8) is 0 Å². The Hall–Kier alpha value is -5.27. The van der Waals surface area contributed by atoms with Crippen LogP contribution in [0, 0.1) is 35.3 Å². The lowest BCUT2D eigenvalue weighted by Gasteiger charge is -2.32. The summed E-state index contributed by atoms with van der Waals surface area (Å²) in [6.07, 6.45) is 11.4. The summed E-state index contributed by atoms with van der Waals surface area (Å²) in [5.41, 5.74) is -0.540. The van der Waals surface area contributed by atoms with Crippen LogP contribution in [0.3, 0.4) is 0 Å².